The first-order chi connectivity index (χ1) is 14.6. The van der Waals surface area contributed by atoms with Gasteiger partial charge in [0, 0.05) is 24.8 Å². The molecular weight excluding hydrogens is 386 g/mol. The number of para-hydroxylation sites is 2. The van der Waals surface area contributed by atoms with E-state index in [0.29, 0.717) is 31.4 Å². The second-order valence-corrected chi connectivity index (χ2v) is 7.19. The lowest BCUT2D eigenvalue weighted by atomic mass is 10.2. The van der Waals surface area contributed by atoms with Gasteiger partial charge < -0.3 is 24.6 Å². The number of fused-ring (bicyclic) bond motifs is 1. The number of ether oxygens (including phenoxy) is 3. The van der Waals surface area contributed by atoms with Gasteiger partial charge >= 0.3 is 0 Å². The van der Waals surface area contributed by atoms with Crippen LogP contribution in [0.5, 0.6) is 17.4 Å². The summed E-state index contributed by atoms with van der Waals surface area (Å²) in [5, 5.41) is 25.9. The smallest absolute Gasteiger partial charge is 0.233 e. The maximum absolute atomic E-state index is 10.1. The van der Waals surface area contributed by atoms with E-state index in [2.05, 4.69) is 20.6 Å². The van der Waals surface area contributed by atoms with Crippen molar-refractivity contribution in [2.45, 2.75) is 26.1 Å². The molecule has 158 valence electrons. The SMILES string of the molecule is Cc1cc(C)n(-c2ccc(OCC(O)CNCC3COc4ccccc4O3)nn2)n1. The number of benzene rings is 1. The minimum Gasteiger partial charge on any atom is -0.486 e. The third-order valence-corrected chi connectivity index (χ3v) is 4.60. The maximum atomic E-state index is 10.1. The van der Waals surface area contributed by atoms with Crippen LogP contribution in [0.25, 0.3) is 5.82 Å². The molecule has 0 amide bonds. The van der Waals surface area contributed by atoms with E-state index in [1.54, 1.807) is 16.8 Å². The highest BCUT2D eigenvalue weighted by atomic mass is 16.6. The molecule has 0 saturated carbocycles. The van der Waals surface area contributed by atoms with Gasteiger partial charge in [0.2, 0.25) is 5.88 Å². The Labute approximate surface area is 174 Å². The van der Waals surface area contributed by atoms with Gasteiger partial charge in [-0.3, -0.25) is 0 Å². The van der Waals surface area contributed by atoms with E-state index in [1.165, 1.54) is 0 Å². The molecule has 1 aliphatic rings. The van der Waals surface area contributed by atoms with Crippen LogP contribution < -0.4 is 19.5 Å². The third-order valence-electron chi connectivity index (χ3n) is 4.60. The third kappa shape index (κ3) is 4.87. The van der Waals surface area contributed by atoms with Gasteiger partial charge in [-0.25, -0.2) is 4.68 Å². The molecule has 0 bridgehead atoms. The quantitative estimate of drug-likeness (QED) is 0.574. The fourth-order valence-electron chi connectivity index (χ4n) is 3.18. The van der Waals surface area contributed by atoms with E-state index in [9.17, 15) is 5.11 Å². The number of rotatable bonds is 8. The van der Waals surface area contributed by atoms with Gasteiger partial charge in [-0.1, -0.05) is 12.1 Å². The number of nitrogens with zero attached hydrogens (tertiary/aromatic N) is 4. The highest BCUT2D eigenvalue weighted by Crippen LogP contribution is 2.30. The fraction of sp³-hybridized carbons (Fsp3) is 0.381. The van der Waals surface area contributed by atoms with Gasteiger partial charge in [-0.2, -0.15) is 5.10 Å². The molecule has 30 heavy (non-hydrogen) atoms. The Morgan fingerprint density at radius 2 is 2.03 bits per heavy atom. The van der Waals surface area contributed by atoms with Crippen LogP contribution in [0, 0.1) is 13.8 Å². The Morgan fingerprint density at radius 1 is 1.20 bits per heavy atom. The van der Waals surface area contributed by atoms with Crippen molar-refractivity contribution in [3.63, 3.8) is 0 Å². The van der Waals surface area contributed by atoms with Crippen molar-refractivity contribution in [1.82, 2.24) is 25.3 Å². The van der Waals surface area contributed by atoms with Crippen molar-refractivity contribution in [3.05, 3.63) is 53.9 Å². The van der Waals surface area contributed by atoms with Gasteiger partial charge in [0.15, 0.2) is 17.3 Å². The lowest BCUT2D eigenvalue weighted by Gasteiger charge is -2.26. The number of aryl methyl sites for hydroxylation is 2. The van der Waals surface area contributed by atoms with E-state index in [1.807, 2.05) is 44.2 Å². The van der Waals surface area contributed by atoms with Crippen LogP contribution in [0.2, 0.25) is 0 Å². The van der Waals surface area contributed by atoms with Crippen LogP contribution >= 0.6 is 0 Å². The average Bonchev–Trinajstić information content (AvgIpc) is 3.10. The predicted octanol–water partition coefficient (Wildman–Crippen LogP) is 1.45. The predicted molar refractivity (Wildman–Crippen MR) is 109 cm³/mol. The Morgan fingerprint density at radius 3 is 2.77 bits per heavy atom. The van der Waals surface area contributed by atoms with E-state index in [0.717, 1.165) is 22.9 Å². The van der Waals surface area contributed by atoms with Crippen LogP contribution in [0.15, 0.2) is 42.5 Å². The number of nitrogens with one attached hydrogen (secondary N) is 1. The van der Waals surface area contributed by atoms with Gasteiger partial charge in [-0.05, 0) is 38.1 Å². The first kappa shape index (κ1) is 20.1. The van der Waals surface area contributed by atoms with Crippen LogP contribution in [-0.2, 0) is 0 Å². The molecule has 0 radical (unpaired) electrons. The lowest BCUT2D eigenvalue weighted by Crippen LogP contribution is -2.41. The normalized spacial score (nSPS) is 16.3. The van der Waals surface area contributed by atoms with Crippen molar-refractivity contribution >= 4 is 0 Å². The zero-order valence-electron chi connectivity index (χ0n) is 17.0. The van der Waals surface area contributed by atoms with Crippen LogP contribution in [0.4, 0.5) is 0 Å². The number of aliphatic hydroxyl groups is 1. The maximum Gasteiger partial charge on any atom is 0.233 e. The van der Waals surface area contributed by atoms with Crippen molar-refractivity contribution in [1.29, 1.82) is 0 Å². The van der Waals surface area contributed by atoms with E-state index < -0.39 is 6.10 Å². The minimum absolute atomic E-state index is 0.103. The minimum atomic E-state index is -0.695. The lowest BCUT2D eigenvalue weighted by molar-refractivity contribution is 0.0770. The highest BCUT2D eigenvalue weighted by molar-refractivity contribution is 5.40. The zero-order valence-corrected chi connectivity index (χ0v) is 17.0. The Kier molecular flexibility index (Phi) is 6.10. The van der Waals surface area contributed by atoms with Crippen molar-refractivity contribution in [2.75, 3.05) is 26.3 Å². The topological polar surface area (TPSA) is 104 Å². The molecule has 2 aromatic heterocycles. The van der Waals surface area contributed by atoms with Crippen molar-refractivity contribution in [3.8, 4) is 23.2 Å². The summed E-state index contributed by atoms with van der Waals surface area (Å²) in [5.74, 6) is 2.46. The molecule has 2 unspecified atom stereocenters. The summed E-state index contributed by atoms with van der Waals surface area (Å²) in [5.41, 5.74) is 1.90. The van der Waals surface area contributed by atoms with Gasteiger partial charge in [0.05, 0.1) is 5.69 Å². The summed E-state index contributed by atoms with van der Waals surface area (Å²) in [6.45, 7) is 5.37. The number of aromatic nitrogens is 4. The molecule has 1 aliphatic heterocycles. The molecular formula is C21H25N5O4. The molecule has 0 spiro atoms. The Balaban J connectivity index is 1.19. The molecule has 1 aromatic carbocycles. The van der Waals surface area contributed by atoms with Crippen molar-refractivity contribution < 1.29 is 19.3 Å². The van der Waals surface area contributed by atoms with Crippen LogP contribution in [0.1, 0.15) is 11.4 Å². The van der Waals surface area contributed by atoms with E-state index in [-0.39, 0.29) is 12.7 Å². The Bertz CT molecular complexity index is 976. The largest absolute Gasteiger partial charge is 0.486 e. The first-order valence-corrected chi connectivity index (χ1v) is 9.86. The molecule has 0 fully saturated rings. The molecule has 9 nitrogen and oxygen atoms in total. The van der Waals surface area contributed by atoms with Gasteiger partial charge in [0.1, 0.15) is 25.4 Å². The summed E-state index contributed by atoms with van der Waals surface area (Å²) in [6.07, 6.45) is -0.805. The second-order valence-electron chi connectivity index (χ2n) is 7.19. The van der Waals surface area contributed by atoms with Crippen LogP contribution in [-0.4, -0.2) is 63.6 Å². The molecule has 2 N–H and O–H groups in total. The molecule has 9 heteroatoms. The molecule has 3 heterocycles. The second kappa shape index (κ2) is 9.10. The fourth-order valence-corrected chi connectivity index (χ4v) is 3.18. The summed E-state index contributed by atoms with van der Waals surface area (Å²) in [4.78, 5) is 0. The number of hydrogen-bond acceptors (Lipinski definition) is 8. The van der Waals surface area contributed by atoms with Gasteiger partial charge in [-0.15, -0.1) is 10.2 Å². The van der Waals surface area contributed by atoms with E-state index >= 15 is 0 Å². The Hall–Kier alpha value is -3.17. The summed E-state index contributed by atoms with van der Waals surface area (Å²) in [7, 11) is 0. The van der Waals surface area contributed by atoms with E-state index in [4.69, 9.17) is 14.2 Å². The summed E-state index contributed by atoms with van der Waals surface area (Å²) in [6, 6.07) is 13.0. The molecule has 3 aromatic rings. The average molecular weight is 411 g/mol. The molecule has 0 aliphatic carbocycles. The standard InChI is InChI=1S/C21H25N5O4/c1-14-9-15(2)26(25-14)20-7-8-21(24-23-20)29-12-16(27)10-22-11-17-13-28-18-5-3-4-6-19(18)30-17/h3-9,16-17,22,27H,10-13H2,1-2H3. The summed E-state index contributed by atoms with van der Waals surface area (Å²) >= 11 is 0. The number of aliphatic hydroxyl groups excluding tert-OH is 1. The monoisotopic (exact) mass is 411 g/mol. The molecule has 4 rings (SSSR count). The molecule has 0 saturated heterocycles. The first-order valence-electron chi connectivity index (χ1n) is 9.86. The zero-order chi connectivity index (χ0) is 20.9. The number of hydrogen-bond donors (Lipinski definition) is 2. The van der Waals surface area contributed by atoms with Crippen molar-refractivity contribution in [2.24, 2.45) is 0 Å². The summed E-state index contributed by atoms with van der Waals surface area (Å²) < 4.78 is 18.8. The van der Waals surface area contributed by atoms with Gasteiger partial charge in [0.25, 0.3) is 0 Å². The van der Waals surface area contributed by atoms with Crippen LogP contribution in [0.3, 0.4) is 0 Å². The highest BCUT2D eigenvalue weighted by Gasteiger charge is 2.20. The molecule has 2 atom stereocenters.